The van der Waals surface area contributed by atoms with Crippen LogP contribution in [0, 0.1) is 0 Å². The van der Waals surface area contributed by atoms with Gasteiger partial charge in [0.25, 0.3) is 11.5 Å². The van der Waals surface area contributed by atoms with Gasteiger partial charge < -0.3 is 15.2 Å². The third-order valence-electron chi connectivity index (χ3n) is 4.11. The third kappa shape index (κ3) is 5.66. The zero-order valence-corrected chi connectivity index (χ0v) is 16.2. The van der Waals surface area contributed by atoms with Crippen molar-refractivity contribution in [2.24, 2.45) is 0 Å². The Labute approximate surface area is 178 Å². The van der Waals surface area contributed by atoms with Crippen LogP contribution < -0.4 is 15.6 Å². The fraction of sp³-hybridized carbons (Fsp3) is 0.200. The summed E-state index contributed by atoms with van der Waals surface area (Å²) >= 11 is 0. The minimum absolute atomic E-state index is 0.0863. The van der Waals surface area contributed by atoms with Gasteiger partial charge in [-0.15, -0.1) is 13.2 Å². The molecule has 1 atom stereocenters. The molecule has 0 aliphatic rings. The quantitative estimate of drug-likeness (QED) is 0.533. The minimum atomic E-state index is -4.86. The standard InChI is InChI=1S/C20H16F4N4O4/c21-9-14(29)11-26-18(30)16-8-17(12-3-5-15(6-4-12)32-20(22,23)24)27-28(19(16)31)13-2-1-7-25-10-13/h1-8,10,14,29H,9,11H2,(H,26,30)/t14-/m1/s1. The molecule has 2 N–H and O–H groups in total. The lowest BCUT2D eigenvalue weighted by Gasteiger charge is -2.13. The van der Waals surface area contributed by atoms with Gasteiger partial charge in [0, 0.05) is 18.3 Å². The summed E-state index contributed by atoms with van der Waals surface area (Å²) in [7, 11) is 0. The average molecular weight is 452 g/mol. The van der Waals surface area contributed by atoms with Crippen LogP contribution in [0.25, 0.3) is 16.9 Å². The van der Waals surface area contributed by atoms with Crippen molar-refractivity contribution in [3.63, 3.8) is 0 Å². The summed E-state index contributed by atoms with van der Waals surface area (Å²) in [5, 5.41) is 15.7. The van der Waals surface area contributed by atoms with Crippen LogP contribution in [0.3, 0.4) is 0 Å². The lowest BCUT2D eigenvalue weighted by atomic mass is 10.1. The molecule has 0 unspecified atom stereocenters. The monoisotopic (exact) mass is 452 g/mol. The van der Waals surface area contributed by atoms with Crippen molar-refractivity contribution in [1.29, 1.82) is 0 Å². The van der Waals surface area contributed by atoms with E-state index in [1.54, 1.807) is 0 Å². The van der Waals surface area contributed by atoms with Crippen LogP contribution in [0.15, 0.2) is 59.7 Å². The number of carbonyl (C=O) groups excluding carboxylic acids is 1. The molecule has 0 aliphatic heterocycles. The summed E-state index contributed by atoms with van der Waals surface area (Å²) in [5.74, 6) is -1.35. The first kappa shape index (κ1) is 22.9. The van der Waals surface area contributed by atoms with Crippen LogP contribution >= 0.6 is 0 Å². The van der Waals surface area contributed by atoms with Crippen LogP contribution in [0.1, 0.15) is 10.4 Å². The number of nitrogens with zero attached hydrogens (tertiary/aromatic N) is 3. The van der Waals surface area contributed by atoms with Crippen molar-refractivity contribution < 1.29 is 32.2 Å². The predicted molar refractivity (Wildman–Crippen MR) is 104 cm³/mol. The van der Waals surface area contributed by atoms with Crippen molar-refractivity contribution in [2.45, 2.75) is 12.5 Å². The zero-order chi connectivity index (χ0) is 23.3. The SMILES string of the molecule is O=C(NC[C@H](O)CF)c1cc(-c2ccc(OC(F)(F)F)cc2)nn(-c2cccnc2)c1=O. The van der Waals surface area contributed by atoms with Gasteiger partial charge >= 0.3 is 6.36 Å². The van der Waals surface area contributed by atoms with Crippen molar-refractivity contribution in [2.75, 3.05) is 13.2 Å². The van der Waals surface area contributed by atoms with Gasteiger partial charge in [-0.3, -0.25) is 14.6 Å². The topological polar surface area (TPSA) is 106 Å². The Morgan fingerprint density at radius 3 is 2.53 bits per heavy atom. The predicted octanol–water partition coefficient (Wildman–Crippen LogP) is 2.25. The Bertz CT molecular complexity index is 1140. The van der Waals surface area contributed by atoms with Crippen molar-refractivity contribution in [1.82, 2.24) is 20.1 Å². The number of nitrogens with one attached hydrogen (secondary N) is 1. The highest BCUT2D eigenvalue weighted by atomic mass is 19.4. The fourth-order valence-electron chi connectivity index (χ4n) is 2.64. The van der Waals surface area contributed by atoms with Gasteiger partial charge in [-0.25, -0.2) is 4.39 Å². The van der Waals surface area contributed by atoms with Crippen LogP contribution in [-0.2, 0) is 0 Å². The molecule has 0 aliphatic carbocycles. The molecule has 0 spiro atoms. The number of carbonyl (C=O) groups is 1. The molecule has 0 bridgehead atoms. The summed E-state index contributed by atoms with van der Waals surface area (Å²) in [6.07, 6.45) is -3.51. The molecular formula is C20H16F4N4O4. The van der Waals surface area contributed by atoms with Crippen molar-refractivity contribution in [3.8, 4) is 22.7 Å². The highest BCUT2D eigenvalue weighted by molar-refractivity contribution is 5.94. The van der Waals surface area contributed by atoms with E-state index >= 15 is 0 Å². The summed E-state index contributed by atoms with van der Waals surface area (Å²) in [6, 6.07) is 8.86. The normalized spacial score (nSPS) is 12.3. The fourth-order valence-corrected chi connectivity index (χ4v) is 2.64. The molecule has 0 fully saturated rings. The Morgan fingerprint density at radius 2 is 1.94 bits per heavy atom. The molecule has 2 heterocycles. The van der Waals surface area contributed by atoms with E-state index in [1.165, 1.54) is 36.7 Å². The molecule has 32 heavy (non-hydrogen) atoms. The average Bonchev–Trinajstić information content (AvgIpc) is 2.77. The molecular weight excluding hydrogens is 436 g/mol. The molecule has 8 nitrogen and oxygen atoms in total. The number of alkyl halides is 4. The van der Waals surface area contributed by atoms with Gasteiger partial charge in [-0.05, 0) is 42.5 Å². The minimum Gasteiger partial charge on any atom is -0.406 e. The summed E-state index contributed by atoms with van der Waals surface area (Å²) < 4.78 is 54.3. The number of halogens is 4. The summed E-state index contributed by atoms with van der Waals surface area (Å²) in [6.45, 7) is -1.52. The molecule has 0 radical (unpaired) electrons. The highest BCUT2D eigenvalue weighted by Gasteiger charge is 2.31. The Kier molecular flexibility index (Phi) is 6.83. The molecule has 3 aromatic rings. The first-order chi connectivity index (χ1) is 15.2. The van der Waals surface area contributed by atoms with Gasteiger partial charge in [0.05, 0.1) is 23.7 Å². The van der Waals surface area contributed by atoms with Gasteiger partial charge in [0.15, 0.2) is 0 Å². The first-order valence-corrected chi connectivity index (χ1v) is 9.11. The van der Waals surface area contributed by atoms with E-state index in [0.29, 0.717) is 0 Å². The first-order valence-electron chi connectivity index (χ1n) is 9.11. The maximum atomic E-state index is 12.8. The van der Waals surface area contributed by atoms with Crippen LogP contribution in [0.2, 0.25) is 0 Å². The smallest absolute Gasteiger partial charge is 0.406 e. The Balaban J connectivity index is 2.04. The largest absolute Gasteiger partial charge is 0.573 e. The molecule has 168 valence electrons. The second kappa shape index (κ2) is 9.56. The second-order valence-electron chi connectivity index (χ2n) is 6.46. The Hall–Kier alpha value is -3.80. The number of benzene rings is 1. The van der Waals surface area contributed by atoms with E-state index in [4.69, 9.17) is 0 Å². The van der Waals surface area contributed by atoms with Gasteiger partial charge in [0.1, 0.15) is 18.0 Å². The highest BCUT2D eigenvalue weighted by Crippen LogP contribution is 2.26. The van der Waals surface area contributed by atoms with Gasteiger partial charge in [-0.2, -0.15) is 9.78 Å². The summed E-state index contributed by atoms with van der Waals surface area (Å²) in [4.78, 5) is 29.3. The van der Waals surface area contributed by atoms with E-state index in [0.717, 1.165) is 22.9 Å². The summed E-state index contributed by atoms with van der Waals surface area (Å²) in [5.41, 5.74) is -0.584. The molecule has 0 saturated heterocycles. The second-order valence-corrected chi connectivity index (χ2v) is 6.46. The van der Waals surface area contributed by atoms with Crippen LogP contribution in [0.4, 0.5) is 17.6 Å². The lowest BCUT2D eigenvalue weighted by Crippen LogP contribution is -2.38. The lowest BCUT2D eigenvalue weighted by molar-refractivity contribution is -0.274. The molecule has 0 saturated carbocycles. The number of aliphatic hydroxyl groups excluding tert-OH is 1. The molecule has 1 amide bonds. The number of amides is 1. The van der Waals surface area contributed by atoms with E-state index in [-0.39, 0.29) is 22.5 Å². The van der Waals surface area contributed by atoms with Gasteiger partial charge in [0.2, 0.25) is 0 Å². The van der Waals surface area contributed by atoms with E-state index < -0.39 is 42.9 Å². The third-order valence-corrected chi connectivity index (χ3v) is 4.11. The number of hydrogen-bond donors (Lipinski definition) is 2. The van der Waals surface area contributed by atoms with E-state index in [2.05, 4.69) is 20.1 Å². The number of ether oxygens (including phenoxy) is 1. The maximum Gasteiger partial charge on any atom is 0.573 e. The number of aromatic nitrogens is 3. The number of pyridine rings is 1. The van der Waals surface area contributed by atoms with E-state index in [1.807, 2.05) is 0 Å². The molecule has 2 aromatic heterocycles. The Morgan fingerprint density at radius 1 is 1.22 bits per heavy atom. The van der Waals surface area contributed by atoms with Crippen LogP contribution in [0.5, 0.6) is 5.75 Å². The molecule has 12 heteroatoms. The van der Waals surface area contributed by atoms with Gasteiger partial charge in [-0.1, -0.05) is 0 Å². The molecule has 1 aromatic carbocycles. The van der Waals surface area contributed by atoms with E-state index in [9.17, 15) is 32.3 Å². The number of rotatable bonds is 7. The van der Waals surface area contributed by atoms with Crippen molar-refractivity contribution >= 4 is 5.91 Å². The number of hydrogen-bond acceptors (Lipinski definition) is 6. The molecule has 3 rings (SSSR count). The number of aliphatic hydroxyl groups is 1. The zero-order valence-electron chi connectivity index (χ0n) is 16.2. The van der Waals surface area contributed by atoms with Crippen LogP contribution in [-0.4, -0.2) is 51.5 Å². The van der Waals surface area contributed by atoms with Crippen molar-refractivity contribution in [3.05, 3.63) is 70.8 Å². The maximum absolute atomic E-state index is 12.8.